The van der Waals surface area contributed by atoms with E-state index in [9.17, 15) is 14.4 Å². The maximum absolute atomic E-state index is 14.1. The number of hydrogen-bond acceptors (Lipinski definition) is 6. The summed E-state index contributed by atoms with van der Waals surface area (Å²) in [5.41, 5.74) is 0.267. The largest absolute Gasteiger partial charge is 0.494 e. The first-order valence-corrected chi connectivity index (χ1v) is 16.1. The van der Waals surface area contributed by atoms with Crippen LogP contribution in [0.5, 0.6) is 5.75 Å². The predicted molar refractivity (Wildman–Crippen MR) is 170 cm³/mol. The number of ketones is 1. The monoisotopic (exact) mass is 630 g/mol. The average molecular weight is 632 g/mol. The standard InChI is InChI=1S/C34H44Cl2N2O5/c1-23-20-30-33(41)37(18-16-25(38(30)22-23)17-19-42-26-8-6-5-7-9-26)29(13-15-32(40)43-34(2,3)4)31(39)14-11-24-10-12-27(35)28(36)21-24/h5-10,12,21,23,25,29-30H,11,13-20,22H2,1-4H3/t23-,25?,29-,30+/m1/s1. The van der Waals surface area contributed by atoms with Crippen molar-refractivity contribution in [3.05, 3.63) is 64.1 Å². The molecule has 4 atom stereocenters. The molecule has 2 fully saturated rings. The molecule has 0 aromatic heterocycles. The number of carbonyl (C=O) groups excluding carboxylic acids is 3. The van der Waals surface area contributed by atoms with Crippen molar-refractivity contribution >= 4 is 40.9 Å². The van der Waals surface area contributed by atoms with Crippen LogP contribution in [0.15, 0.2) is 48.5 Å². The van der Waals surface area contributed by atoms with E-state index in [4.69, 9.17) is 32.7 Å². The zero-order valence-electron chi connectivity index (χ0n) is 25.7. The molecule has 9 heteroatoms. The molecule has 2 aromatic carbocycles. The quantitative estimate of drug-likeness (QED) is 0.241. The molecule has 0 saturated carbocycles. The topological polar surface area (TPSA) is 76.1 Å². The summed E-state index contributed by atoms with van der Waals surface area (Å²) in [4.78, 5) is 44.8. The van der Waals surface area contributed by atoms with E-state index in [-0.39, 0.29) is 49.0 Å². The van der Waals surface area contributed by atoms with E-state index in [2.05, 4.69) is 11.8 Å². The van der Waals surface area contributed by atoms with Crippen molar-refractivity contribution in [2.45, 2.75) is 96.4 Å². The molecule has 0 aliphatic carbocycles. The summed E-state index contributed by atoms with van der Waals surface area (Å²) in [6.07, 6.45) is 3.24. The van der Waals surface area contributed by atoms with E-state index in [0.29, 0.717) is 35.5 Å². The number of ether oxygens (including phenoxy) is 2. The van der Waals surface area contributed by atoms with Gasteiger partial charge in [0.15, 0.2) is 5.78 Å². The minimum Gasteiger partial charge on any atom is -0.494 e. The predicted octanol–water partition coefficient (Wildman–Crippen LogP) is 6.77. The van der Waals surface area contributed by atoms with E-state index in [0.717, 1.165) is 37.1 Å². The number of carbonyl (C=O) groups is 3. The van der Waals surface area contributed by atoms with E-state index >= 15 is 0 Å². The molecule has 1 unspecified atom stereocenters. The first kappa shape index (κ1) is 33.3. The molecule has 0 N–H and O–H groups in total. The third kappa shape index (κ3) is 9.44. The number of hydrogen-bond donors (Lipinski definition) is 0. The van der Waals surface area contributed by atoms with Gasteiger partial charge in [-0.15, -0.1) is 0 Å². The molecule has 43 heavy (non-hydrogen) atoms. The van der Waals surface area contributed by atoms with Crippen molar-refractivity contribution in [3.63, 3.8) is 0 Å². The number of nitrogens with zero attached hydrogens (tertiary/aromatic N) is 2. The fraction of sp³-hybridized carbons (Fsp3) is 0.559. The molecule has 2 heterocycles. The lowest BCUT2D eigenvalue weighted by molar-refractivity contribution is -0.156. The minimum atomic E-state index is -0.708. The fourth-order valence-corrected chi connectivity index (χ4v) is 6.52. The second kappa shape index (κ2) is 14.9. The second-order valence-corrected chi connectivity index (χ2v) is 13.6. The van der Waals surface area contributed by atoms with Crippen LogP contribution >= 0.6 is 23.2 Å². The van der Waals surface area contributed by atoms with Gasteiger partial charge in [-0.25, -0.2) is 0 Å². The summed E-state index contributed by atoms with van der Waals surface area (Å²) in [5.74, 6) is 0.746. The Morgan fingerprint density at radius 1 is 1.05 bits per heavy atom. The van der Waals surface area contributed by atoms with Gasteiger partial charge in [-0.05, 0) is 88.6 Å². The van der Waals surface area contributed by atoms with Gasteiger partial charge in [-0.1, -0.05) is 54.4 Å². The Hall–Kier alpha value is -2.61. The number of halogens is 2. The van der Waals surface area contributed by atoms with Crippen LogP contribution in [0.4, 0.5) is 0 Å². The van der Waals surface area contributed by atoms with Crippen LogP contribution in [0.2, 0.25) is 10.0 Å². The highest BCUT2D eigenvalue weighted by Gasteiger charge is 2.45. The van der Waals surface area contributed by atoms with Gasteiger partial charge in [0, 0.05) is 32.0 Å². The maximum Gasteiger partial charge on any atom is 0.306 e. The molecule has 2 saturated heterocycles. The molecule has 7 nitrogen and oxygen atoms in total. The van der Waals surface area contributed by atoms with Crippen LogP contribution in [0.25, 0.3) is 0 Å². The average Bonchev–Trinajstić information content (AvgIpc) is 3.29. The fourth-order valence-electron chi connectivity index (χ4n) is 6.20. The van der Waals surface area contributed by atoms with Crippen molar-refractivity contribution in [3.8, 4) is 5.75 Å². The Morgan fingerprint density at radius 2 is 1.79 bits per heavy atom. The molecule has 0 bridgehead atoms. The van der Waals surface area contributed by atoms with Crippen molar-refractivity contribution in [1.29, 1.82) is 0 Å². The number of fused-ring (bicyclic) bond motifs is 1. The van der Waals surface area contributed by atoms with Gasteiger partial charge in [0.05, 0.1) is 28.7 Å². The molecule has 2 aliphatic heterocycles. The van der Waals surface area contributed by atoms with Gasteiger partial charge < -0.3 is 14.4 Å². The molecule has 0 spiro atoms. The number of benzene rings is 2. The normalized spacial score (nSPS) is 21.7. The highest BCUT2D eigenvalue weighted by Crippen LogP contribution is 2.33. The lowest BCUT2D eigenvalue weighted by Gasteiger charge is -2.32. The highest BCUT2D eigenvalue weighted by atomic mass is 35.5. The third-order valence-electron chi connectivity index (χ3n) is 8.19. The third-order valence-corrected chi connectivity index (χ3v) is 8.92. The van der Waals surface area contributed by atoms with Gasteiger partial charge in [0.25, 0.3) is 0 Å². The van der Waals surface area contributed by atoms with Crippen LogP contribution in [0, 0.1) is 5.92 Å². The van der Waals surface area contributed by atoms with E-state index in [1.807, 2.05) is 57.2 Å². The zero-order valence-corrected chi connectivity index (χ0v) is 27.2. The Balaban J connectivity index is 1.50. The van der Waals surface area contributed by atoms with Crippen LogP contribution < -0.4 is 4.74 Å². The van der Waals surface area contributed by atoms with Crippen molar-refractivity contribution in [1.82, 2.24) is 9.80 Å². The van der Waals surface area contributed by atoms with Crippen molar-refractivity contribution in [2.75, 3.05) is 19.7 Å². The zero-order chi connectivity index (χ0) is 31.1. The lowest BCUT2D eigenvalue weighted by atomic mass is 9.97. The highest BCUT2D eigenvalue weighted by molar-refractivity contribution is 6.42. The number of esters is 1. The van der Waals surface area contributed by atoms with Gasteiger partial charge >= 0.3 is 5.97 Å². The summed E-state index contributed by atoms with van der Waals surface area (Å²) in [5, 5.41) is 0.898. The lowest BCUT2D eigenvalue weighted by Crippen LogP contribution is -2.51. The molecule has 234 valence electrons. The first-order valence-electron chi connectivity index (χ1n) is 15.3. The van der Waals surface area contributed by atoms with Crippen LogP contribution in [-0.4, -0.2) is 70.9 Å². The molecular weight excluding hydrogens is 587 g/mol. The molecule has 1 amide bonds. The Labute approximate surface area is 265 Å². The summed E-state index contributed by atoms with van der Waals surface area (Å²) < 4.78 is 11.5. The Morgan fingerprint density at radius 3 is 2.49 bits per heavy atom. The van der Waals surface area contributed by atoms with Crippen LogP contribution in [0.3, 0.4) is 0 Å². The van der Waals surface area contributed by atoms with E-state index < -0.39 is 11.6 Å². The summed E-state index contributed by atoms with van der Waals surface area (Å²) in [6.45, 7) is 9.47. The maximum atomic E-state index is 14.1. The van der Waals surface area contributed by atoms with Crippen molar-refractivity contribution < 1.29 is 23.9 Å². The van der Waals surface area contributed by atoms with E-state index in [1.54, 1.807) is 17.0 Å². The summed E-state index contributed by atoms with van der Waals surface area (Å²) in [7, 11) is 0. The smallest absolute Gasteiger partial charge is 0.306 e. The minimum absolute atomic E-state index is 0.0205. The van der Waals surface area contributed by atoms with Gasteiger partial charge in [0.2, 0.25) is 5.91 Å². The van der Waals surface area contributed by atoms with Crippen LogP contribution in [0.1, 0.15) is 71.8 Å². The number of aryl methyl sites for hydroxylation is 1. The van der Waals surface area contributed by atoms with Gasteiger partial charge in [0.1, 0.15) is 11.4 Å². The molecule has 2 aliphatic rings. The first-order chi connectivity index (χ1) is 20.4. The summed E-state index contributed by atoms with van der Waals surface area (Å²) in [6, 6.07) is 14.3. The van der Waals surface area contributed by atoms with Crippen LogP contribution in [-0.2, 0) is 25.5 Å². The number of para-hydroxylation sites is 1. The van der Waals surface area contributed by atoms with E-state index in [1.165, 1.54) is 0 Å². The molecule has 4 rings (SSSR count). The second-order valence-electron chi connectivity index (χ2n) is 12.8. The SMILES string of the molecule is C[C@@H]1C[C@H]2C(=O)N([C@H](CCC(=O)OC(C)(C)C)C(=O)CCc3ccc(Cl)c(Cl)c3)CCC(CCOc3ccccc3)N2C1. The Bertz CT molecular complexity index is 1270. The van der Waals surface area contributed by atoms with Gasteiger partial charge in [-0.3, -0.25) is 19.3 Å². The van der Waals surface area contributed by atoms with Gasteiger partial charge in [-0.2, -0.15) is 0 Å². The molecular formula is C34H44Cl2N2O5. The Kier molecular flexibility index (Phi) is 11.5. The van der Waals surface area contributed by atoms with Crippen molar-refractivity contribution in [2.24, 2.45) is 5.92 Å². The molecule has 0 radical (unpaired) electrons. The molecule has 2 aromatic rings. The number of amides is 1. The number of rotatable bonds is 12. The number of Topliss-reactive ketones (excluding diaryl/α,β-unsaturated/α-hetero) is 1. The summed E-state index contributed by atoms with van der Waals surface area (Å²) >= 11 is 12.3.